The third kappa shape index (κ3) is 12.3. The van der Waals surface area contributed by atoms with E-state index in [-0.39, 0.29) is 29.0 Å². The second kappa shape index (κ2) is 17.6. The van der Waals surface area contributed by atoms with Crippen molar-refractivity contribution in [3.8, 4) is 12.4 Å². The van der Waals surface area contributed by atoms with Crippen LogP contribution in [0.4, 0.5) is 11.9 Å². The van der Waals surface area contributed by atoms with Crippen LogP contribution in [0.5, 0.6) is 0 Å². The fourth-order valence-corrected chi connectivity index (χ4v) is 2.32. The number of rotatable bonds is 2. The van der Waals surface area contributed by atoms with Gasteiger partial charge in [-0.25, -0.2) is 9.97 Å². The molecule has 0 atom stereocenters. The molecule has 0 aliphatic carbocycles. The first-order chi connectivity index (χ1) is 17.3. The Kier molecular flexibility index (Phi) is 14.9. The molecule has 0 unspecified atom stereocenters. The number of anilines is 2. The van der Waals surface area contributed by atoms with Crippen molar-refractivity contribution in [3.63, 3.8) is 0 Å². The third-order valence-corrected chi connectivity index (χ3v) is 3.48. The van der Waals surface area contributed by atoms with Crippen LogP contribution in [0, 0.1) is 33.7 Å². The molecule has 4 aromatic rings. The van der Waals surface area contributed by atoms with Crippen LogP contribution in [-0.2, 0) is 17.1 Å². The number of H-pyrrole nitrogens is 2. The summed E-state index contributed by atoms with van der Waals surface area (Å²) in [5.74, 6) is 0.737. The Bertz CT molecular complexity index is 1310. The van der Waals surface area contributed by atoms with Crippen LogP contribution in [0.1, 0.15) is 0 Å². The van der Waals surface area contributed by atoms with E-state index in [1.54, 1.807) is 0 Å². The summed E-state index contributed by atoms with van der Waals surface area (Å²) >= 11 is 0. The van der Waals surface area contributed by atoms with Gasteiger partial charge >= 0.3 is 17.1 Å². The Morgan fingerprint density at radius 1 is 0.784 bits per heavy atom. The molecule has 2 heterocycles. The first-order valence-electron chi connectivity index (χ1n) is 9.42. The molecule has 17 heteroatoms. The molecule has 0 fully saturated rings. The standard InChI is InChI=1S/2C8H9N5.2C2N3.Cu/c2*9-7(10)13-8-11-5-3-1-2-4-6(5)12-8;2*3-1-5-2-4;/h2*1-4H,(H5,9,10,11,12,13);;;/q;;2*-1;+2. The van der Waals surface area contributed by atoms with Crippen LogP contribution >= 0.6 is 0 Å². The van der Waals surface area contributed by atoms with E-state index in [2.05, 4.69) is 40.6 Å². The molecule has 2 aromatic carbocycles. The summed E-state index contributed by atoms with van der Waals surface area (Å²) in [5, 5.41) is 48.9. The normalized spacial score (nSPS) is 8.16. The van der Waals surface area contributed by atoms with Crippen molar-refractivity contribution in [1.82, 2.24) is 19.9 Å². The molecule has 0 bridgehead atoms. The van der Waals surface area contributed by atoms with E-state index in [0.29, 0.717) is 11.9 Å². The Labute approximate surface area is 220 Å². The number of aliphatic imine (C=N–C) groups is 2. The number of benzene rings is 2. The van der Waals surface area contributed by atoms with Crippen molar-refractivity contribution in [2.45, 2.75) is 0 Å². The molecule has 4 rings (SSSR count). The monoisotopic (exact) mass is 545 g/mol. The largest absolute Gasteiger partial charge is 2.00 e. The smallest absolute Gasteiger partial charge is 0.422 e. The van der Waals surface area contributed by atoms with Gasteiger partial charge in [0.05, 0.1) is 34.5 Å². The minimum Gasteiger partial charge on any atom is -0.422 e. The van der Waals surface area contributed by atoms with Crippen LogP contribution in [0.3, 0.4) is 0 Å². The number of nitrogens with one attached hydrogen (secondary N) is 6. The zero-order valence-corrected chi connectivity index (χ0v) is 19.6. The van der Waals surface area contributed by atoms with E-state index in [1.807, 2.05) is 48.5 Å². The number of guanidine groups is 2. The van der Waals surface area contributed by atoms with Crippen LogP contribution in [0.15, 0.2) is 58.5 Å². The van der Waals surface area contributed by atoms with E-state index >= 15 is 0 Å². The van der Waals surface area contributed by atoms with Crippen molar-refractivity contribution in [1.29, 1.82) is 21.3 Å². The Morgan fingerprint density at radius 2 is 1.14 bits per heavy atom. The van der Waals surface area contributed by atoms with E-state index in [0.717, 1.165) is 22.1 Å². The second-order valence-corrected chi connectivity index (χ2v) is 5.91. The van der Waals surface area contributed by atoms with Gasteiger partial charge in [-0.05, 0) is 24.3 Å². The van der Waals surface area contributed by atoms with Crippen LogP contribution < -0.4 is 22.1 Å². The molecule has 0 saturated carbocycles. The first-order valence-corrected chi connectivity index (χ1v) is 9.42. The van der Waals surface area contributed by atoms with Gasteiger partial charge < -0.3 is 42.2 Å². The third-order valence-electron chi connectivity index (χ3n) is 3.48. The Morgan fingerprint density at radius 3 is 1.38 bits per heavy atom. The average Bonchev–Trinajstić information content (AvgIpc) is 3.43. The van der Waals surface area contributed by atoms with Gasteiger partial charge in [0.1, 0.15) is 0 Å². The van der Waals surface area contributed by atoms with Crippen molar-refractivity contribution < 1.29 is 17.1 Å². The maximum Gasteiger partial charge on any atom is 2.00 e. The Hall–Kier alpha value is -5.82. The minimum atomic E-state index is -0.126. The molecule has 2 aromatic heterocycles. The van der Waals surface area contributed by atoms with E-state index < -0.39 is 0 Å². The van der Waals surface area contributed by atoms with Gasteiger partial charge in [-0.3, -0.25) is 21.5 Å². The number of imidazole rings is 2. The Balaban J connectivity index is 0.000000510. The van der Waals surface area contributed by atoms with Crippen molar-refractivity contribution in [2.75, 3.05) is 10.6 Å². The molecule has 0 aliphatic heterocycles. The number of nitriles is 2. The molecule has 0 saturated heterocycles. The van der Waals surface area contributed by atoms with Crippen LogP contribution in [-0.4, -0.2) is 43.9 Å². The predicted molar refractivity (Wildman–Crippen MR) is 136 cm³/mol. The van der Waals surface area contributed by atoms with Gasteiger partial charge in [-0.1, -0.05) is 24.3 Å². The first kappa shape index (κ1) is 31.2. The quantitative estimate of drug-likeness (QED) is 0.0795. The number of aromatic nitrogens is 4. The number of hydrogen-bond acceptors (Lipinski definition) is 8. The average molecular weight is 546 g/mol. The van der Waals surface area contributed by atoms with Crippen LogP contribution in [0.25, 0.3) is 32.9 Å². The second-order valence-electron chi connectivity index (χ2n) is 5.91. The van der Waals surface area contributed by atoms with Gasteiger partial charge in [0.15, 0.2) is 11.9 Å². The number of para-hydroxylation sites is 4. The van der Waals surface area contributed by atoms with Crippen molar-refractivity contribution in [3.05, 3.63) is 59.3 Å². The summed E-state index contributed by atoms with van der Waals surface area (Å²) in [7, 11) is 0. The van der Waals surface area contributed by atoms with E-state index in [1.165, 1.54) is 24.4 Å². The van der Waals surface area contributed by atoms with Gasteiger partial charge in [0, 0.05) is 0 Å². The molecule has 16 nitrogen and oxygen atoms in total. The number of nitrogens with two attached hydrogens (primary N) is 2. The molecule has 37 heavy (non-hydrogen) atoms. The van der Waals surface area contributed by atoms with Gasteiger partial charge in [-0.2, -0.15) is 10.5 Å². The summed E-state index contributed by atoms with van der Waals surface area (Å²) < 4.78 is 0. The number of fused-ring (bicyclic) bond motifs is 2. The van der Waals surface area contributed by atoms with Crippen molar-refractivity contribution >= 4 is 57.9 Å². The summed E-state index contributed by atoms with van der Waals surface area (Å²) in [5.41, 5.74) is 13.9. The van der Waals surface area contributed by atoms with Crippen molar-refractivity contribution in [2.24, 2.45) is 21.5 Å². The fraction of sp³-hybridized carbons (Fsp3) is 0. The summed E-state index contributed by atoms with van der Waals surface area (Å²) in [6, 6.07) is 17.8. The molecule has 10 N–H and O–H groups in total. The molecule has 1 radical (unpaired) electrons. The van der Waals surface area contributed by atoms with Gasteiger partial charge in [-0.15, -0.1) is 12.0 Å². The summed E-state index contributed by atoms with van der Waals surface area (Å²) in [6.45, 7) is 0. The molecule has 0 amide bonds. The number of nitrogens with zero attached hydrogens (tertiary/aromatic N) is 8. The van der Waals surface area contributed by atoms with E-state index in [4.69, 9.17) is 43.6 Å². The predicted octanol–water partition coefficient (Wildman–Crippen LogP) is 2.16. The number of aromatic amines is 2. The topological polar surface area (TPSA) is 298 Å². The maximum atomic E-state index is 7.43. The molecular weight excluding hydrogens is 528 g/mol. The zero-order valence-electron chi connectivity index (χ0n) is 18.7. The zero-order chi connectivity index (χ0) is 26.8. The molecular formula is C20H18CuN16. The van der Waals surface area contributed by atoms with Gasteiger partial charge in [0.25, 0.3) is 0 Å². The summed E-state index contributed by atoms with van der Waals surface area (Å²) in [6.07, 6.45) is 2.56. The summed E-state index contributed by atoms with van der Waals surface area (Å²) in [4.78, 5) is 19.5. The van der Waals surface area contributed by atoms with Gasteiger partial charge in [0.2, 0.25) is 11.9 Å². The maximum absolute atomic E-state index is 7.43. The molecule has 0 aliphatic rings. The molecule has 0 spiro atoms. The SMILES string of the molecule is N#CN=C=[N-].N#CN=C=[N-].N=C(N)Nc1nc2ccccc2[nH]1.N=C(N)Nc1nc2ccccc2[nH]1.[Cu+2]. The number of hydrogen-bond donors (Lipinski definition) is 8. The van der Waals surface area contributed by atoms with Crippen LogP contribution in [0.2, 0.25) is 0 Å². The fourth-order valence-electron chi connectivity index (χ4n) is 2.32. The van der Waals surface area contributed by atoms with E-state index in [9.17, 15) is 0 Å². The molecule has 189 valence electrons. The minimum absolute atomic E-state index is 0.